The monoisotopic (exact) mass is 370 g/mol. The lowest BCUT2D eigenvalue weighted by Gasteiger charge is -2.35. The molecule has 2 atom stereocenters. The summed E-state index contributed by atoms with van der Waals surface area (Å²) >= 11 is 0. The summed E-state index contributed by atoms with van der Waals surface area (Å²) in [6.45, 7) is 2.91. The van der Waals surface area contributed by atoms with E-state index in [0.29, 0.717) is 30.7 Å². The minimum absolute atomic E-state index is 0.198. The lowest BCUT2D eigenvalue weighted by Crippen LogP contribution is -2.51. The first kappa shape index (κ1) is 17.5. The van der Waals surface area contributed by atoms with Gasteiger partial charge in [-0.1, -0.05) is 0 Å². The zero-order chi connectivity index (χ0) is 18.6. The molecule has 0 amide bonds. The minimum atomic E-state index is -0.322. The van der Waals surface area contributed by atoms with E-state index in [2.05, 4.69) is 25.2 Å². The number of guanidine groups is 1. The molecule has 3 heterocycles. The van der Waals surface area contributed by atoms with Crippen LogP contribution in [-0.4, -0.2) is 81.9 Å². The van der Waals surface area contributed by atoms with Gasteiger partial charge in [0.1, 0.15) is 23.4 Å². The molecule has 1 fully saturated rings. The summed E-state index contributed by atoms with van der Waals surface area (Å²) in [5.41, 5.74) is 0.754. The van der Waals surface area contributed by atoms with Crippen molar-refractivity contribution >= 4 is 29.9 Å². The van der Waals surface area contributed by atoms with Gasteiger partial charge in [0, 0.05) is 31.6 Å². The third kappa shape index (κ3) is 3.63. The number of nitrogens with one attached hydrogen (secondary N) is 1. The number of morpholine rings is 1. The lowest BCUT2D eigenvalue weighted by atomic mass is 10.1. The SMILES string of the molecule is COc1ccc(NC2=N[C@@H]3N=CC=N[C@H]3C(N3CCOCC3)=N2)c(OC)c1. The zero-order valence-corrected chi connectivity index (χ0v) is 15.3. The highest BCUT2D eigenvalue weighted by atomic mass is 16.5. The largest absolute Gasteiger partial charge is 0.497 e. The van der Waals surface area contributed by atoms with Gasteiger partial charge in [0.05, 0.1) is 33.1 Å². The van der Waals surface area contributed by atoms with E-state index in [9.17, 15) is 0 Å². The van der Waals surface area contributed by atoms with E-state index in [4.69, 9.17) is 19.2 Å². The van der Waals surface area contributed by atoms with Crippen LogP contribution in [0.25, 0.3) is 0 Å². The highest BCUT2D eigenvalue weighted by molar-refractivity contribution is 6.18. The van der Waals surface area contributed by atoms with Crippen LogP contribution >= 0.6 is 0 Å². The molecule has 1 aromatic rings. The predicted octanol–water partition coefficient (Wildman–Crippen LogP) is 1.07. The molecule has 0 bridgehead atoms. The molecule has 27 heavy (non-hydrogen) atoms. The second kappa shape index (κ2) is 7.75. The van der Waals surface area contributed by atoms with Gasteiger partial charge in [0.25, 0.3) is 0 Å². The van der Waals surface area contributed by atoms with Gasteiger partial charge >= 0.3 is 0 Å². The topological polar surface area (TPSA) is 92.4 Å². The Bertz CT molecular complexity index is 813. The van der Waals surface area contributed by atoms with E-state index >= 15 is 0 Å². The molecule has 0 aliphatic carbocycles. The Morgan fingerprint density at radius 2 is 1.93 bits per heavy atom. The maximum Gasteiger partial charge on any atom is 0.226 e. The summed E-state index contributed by atoms with van der Waals surface area (Å²) in [7, 11) is 3.23. The first-order valence-corrected chi connectivity index (χ1v) is 8.81. The number of hydrogen-bond acceptors (Lipinski definition) is 9. The third-order valence-electron chi connectivity index (χ3n) is 4.56. The van der Waals surface area contributed by atoms with Crippen molar-refractivity contribution in [2.45, 2.75) is 12.2 Å². The molecule has 1 saturated heterocycles. The predicted molar refractivity (Wildman–Crippen MR) is 105 cm³/mol. The molecule has 0 radical (unpaired) electrons. The van der Waals surface area contributed by atoms with Crippen molar-refractivity contribution in [3.63, 3.8) is 0 Å². The molecule has 0 spiro atoms. The molecule has 9 heteroatoms. The van der Waals surface area contributed by atoms with Crippen molar-refractivity contribution in [1.29, 1.82) is 0 Å². The number of anilines is 1. The van der Waals surface area contributed by atoms with Crippen molar-refractivity contribution in [2.24, 2.45) is 20.0 Å². The Labute approximate surface area is 157 Å². The molecule has 0 unspecified atom stereocenters. The van der Waals surface area contributed by atoms with Crippen LogP contribution in [0.5, 0.6) is 11.5 Å². The summed E-state index contributed by atoms with van der Waals surface area (Å²) in [6, 6.07) is 5.34. The van der Waals surface area contributed by atoms with Crippen LogP contribution in [0.3, 0.4) is 0 Å². The van der Waals surface area contributed by atoms with Crippen molar-refractivity contribution in [3.8, 4) is 11.5 Å². The van der Waals surface area contributed by atoms with Crippen LogP contribution in [0, 0.1) is 0 Å². The van der Waals surface area contributed by atoms with Gasteiger partial charge in [0.2, 0.25) is 5.96 Å². The highest BCUT2D eigenvalue weighted by Gasteiger charge is 2.34. The van der Waals surface area contributed by atoms with Gasteiger partial charge in [0.15, 0.2) is 6.17 Å². The van der Waals surface area contributed by atoms with Crippen LogP contribution in [0.15, 0.2) is 38.2 Å². The van der Waals surface area contributed by atoms with Gasteiger partial charge in [-0.25, -0.2) is 4.99 Å². The third-order valence-corrected chi connectivity index (χ3v) is 4.56. The van der Waals surface area contributed by atoms with Crippen molar-refractivity contribution in [1.82, 2.24) is 4.90 Å². The van der Waals surface area contributed by atoms with Crippen LogP contribution in [0.4, 0.5) is 5.69 Å². The Balaban J connectivity index is 1.63. The van der Waals surface area contributed by atoms with Crippen LogP contribution < -0.4 is 14.8 Å². The van der Waals surface area contributed by atoms with E-state index < -0.39 is 0 Å². The molecule has 3 aliphatic rings. The van der Waals surface area contributed by atoms with Crippen molar-refractivity contribution in [3.05, 3.63) is 18.2 Å². The molecule has 4 rings (SSSR count). The van der Waals surface area contributed by atoms with E-state index in [1.807, 2.05) is 18.2 Å². The average molecular weight is 370 g/mol. The molecule has 0 aromatic heterocycles. The number of hydrogen-bond donors (Lipinski definition) is 1. The van der Waals surface area contributed by atoms with E-state index in [0.717, 1.165) is 24.6 Å². The van der Waals surface area contributed by atoms with Crippen LogP contribution in [0.2, 0.25) is 0 Å². The lowest BCUT2D eigenvalue weighted by molar-refractivity contribution is 0.0665. The number of aliphatic imine (C=N–C) groups is 4. The van der Waals surface area contributed by atoms with Crippen LogP contribution in [0.1, 0.15) is 0 Å². The van der Waals surface area contributed by atoms with Crippen molar-refractivity contribution < 1.29 is 14.2 Å². The molecule has 142 valence electrons. The normalized spacial score (nSPS) is 24.0. The minimum Gasteiger partial charge on any atom is -0.497 e. The smallest absolute Gasteiger partial charge is 0.226 e. The summed E-state index contributed by atoms with van der Waals surface area (Å²) in [5.74, 6) is 2.70. The number of ether oxygens (including phenoxy) is 3. The van der Waals surface area contributed by atoms with Gasteiger partial charge in [-0.15, -0.1) is 0 Å². The Morgan fingerprint density at radius 1 is 1.11 bits per heavy atom. The number of amidine groups is 1. The molecule has 1 N–H and O–H groups in total. The Kier molecular flexibility index (Phi) is 5.01. The quantitative estimate of drug-likeness (QED) is 0.859. The van der Waals surface area contributed by atoms with E-state index in [-0.39, 0.29) is 12.2 Å². The number of methoxy groups -OCH3 is 2. The highest BCUT2D eigenvalue weighted by Crippen LogP contribution is 2.30. The van der Waals surface area contributed by atoms with Gasteiger partial charge < -0.3 is 24.4 Å². The Morgan fingerprint density at radius 3 is 2.70 bits per heavy atom. The first-order valence-electron chi connectivity index (χ1n) is 8.81. The fraction of sp³-hybridized carbons (Fsp3) is 0.444. The Hall–Kier alpha value is -2.94. The number of fused-ring (bicyclic) bond motifs is 1. The van der Waals surface area contributed by atoms with Gasteiger partial charge in [-0.05, 0) is 12.1 Å². The molecule has 0 saturated carbocycles. The standard InChI is InChI=1S/C18H22N6O3/c1-25-12-3-4-13(14(11-12)26-2)21-18-22-16-15(19-5-6-20-16)17(23-18)24-7-9-27-10-8-24/h3-6,11,15-16H,7-10H2,1-2H3,(H,21,22)/t15-,16+/m1/s1. The average Bonchev–Trinajstić information content (AvgIpc) is 2.74. The molecular weight excluding hydrogens is 348 g/mol. The maximum absolute atomic E-state index is 5.46. The number of benzene rings is 1. The molecule has 3 aliphatic heterocycles. The fourth-order valence-electron chi connectivity index (χ4n) is 3.18. The molecule has 9 nitrogen and oxygen atoms in total. The fourth-order valence-corrected chi connectivity index (χ4v) is 3.18. The number of rotatable bonds is 3. The summed E-state index contributed by atoms with van der Waals surface area (Å²) < 4.78 is 16.2. The second-order valence-electron chi connectivity index (χ2n) is 6.17. The van der Waals surface area contributed by atoms with Gasteiger partial charge in [-0.2, -0.15) is 4.99 Å². The summed E-state index contributed by atoms with van der Waals surface area (Å²) in [5, 5.41) is 3.25. The van der Waals surface area contributed by atoms with Crippen LogP contribution in [-0.2, 0) is 4.74 Å². The summed E-state index contributed by atoms with van der Waals surface area (Å²) in [4.78, 5) is 20.6. The second-order valence-corrected chi connectivity index (χ2v) is 6.17. The van der Waals surface area contributed by atoms with E-state index in [1.165, 1.54) is 0 Å². The molecular formula is C18H22N6O3. The molecule has 1 aromatic carbocycles. The maximum atomic E-state index is 5.46. The first-order chi connectivity index (χ1) is 13.3. The summed E-state index contributed by atoms with van der Waals surface area (Å²) in [6.07, 6.45) is 3.06. The van der Waals surface area contributed by atoms with Gasteiger partial charge in [-0.3, -0.25) is 9.98 Å². The van der Waals surface area contributed by atoms with E-state index in [1.54, 1.807) is 26.6 Å². The number of nitrogens with zero attached hydrogens (tertiary/aromatic N) is 5. The van der Waals surface area contributed by atoms with Crippen molar-refractivity contribution in [2.75, 3.05) is 45.8 Å². The zero-order valence-electron chi connectivity index (χ0n) is 15.3.